The third-order valence-corrected chi connectivity index (χ3v) is 4.77. The summed E-state index contributed by atoms with van der Waals surface area (Å²) in [6.45, 7) is 4.66. The molecule has 0 saturated carbocycles. The Balaban J connectivity index is 1.60. The average Bonchev–Trinajstić information content (AvgIpc) is 2.71. The van der Waals surface area contributed by atoms with Gasteiger partial charge in [0.1, 0.15) is 0 Å². The van der Waals surface area contributed by atoms with Crippen LogP contribution in [0.25, 0.3) is 11.3 Å². The molecule has 3 rings (SSSR count). The smallest absolute Gasteiger partial charge is 0.243 e. The van der Waals surface area contributed by atoms with Crippen LogP contribution in [0.15, 0.2) is 24.4 Å². The molecule has 146 valence electrons. The monoisotopic (exact) mass is 375 g/mol. The van der Waals surface area contributed by atoms with Gasteiger partial charge in [-0.05, 0) is 43.5 Å². The second-order valence-electron chi connectivity index (χ2n) is 6.70. The van der Waals surface area contributed by atoms with Crippen molar-refractivity contribution in [2.75, 3.05) is 52.3 Å². The van der Waals surface area contributed by atoms with Crippen LogP contribution in [0.2, 0.25) is 0 Å². The fraction of sp³-hybridized carbons (Fsp3) is 0.526. The first-order valence-electron chi connectivity index (χ1n) is 9.18. The van der Waals surface area contributed by atoms with Crippen LogP contribution in [0.5, 0.6) is 5.75 Å². The van der Waals surface area contributed by atoms with E-state index in [4.69, 9.17) is 9.47 Å². The SMILES string of the molecule is COCCN1CCCC(CNc2nncc(-c3ccc(OC)c(F)c3)n2)C1. The maximum Gasteiger partial charge on any atom is 0.243 e. The Bertz CT molecular complexity index is 746. The van der Waals surface area contributed by atoms with E-state index >= 15 is 0 Å². The number of nitrogens with one attached hydrogen (secondary N) is 1. The van der Waals surface area contributed by atoms with Crippen LogP contribution in [0, 0.1) is 11.7 Å². The lowest BCUT2D eigenvalue weighted by molar-refractivity contribution is 0.117. The highest BCUT2D eigenvalue weighted by Gasteiger charge is 2.19. The number of anilines is 1. The van der Waals surface area contributed by atoms with Gasteiger partial charge in [0.05, 0.1) is 25.6 Å². The number of methoxy groups -OCH3 is 2. The highest BCUT2D eigenvalue weighted by molar-refractivity contribution is 5.60. The van der Waals surface area contributed by atoms with E-state index in [1.165, 1.54) is 32.2 Å². The number of benzene rings is 1. The lowest BCUT2D eigenvalue weighted by Gasteiger charge is -2.32. The normalized spacial score (nSPS) is 17.7. The zero-order chi connectivity index (χ0) is 19.1. The summed E-state index contributed by atoms with van der Waals surface area (Å²) in [5, 5.41) is 11.3. The molecular formula is C19H26FN5O2. The summed E-state index contributed by atoms with van der Waals surface area (Å²) < 4.78 is 24.1. The van der Waals surface area contributed by atoms with Gasteiger partial charge in [-0.3, -0.25) is 0 Å². The predicted molar refractivity (Wildman–Crippen MR) is 101 cm³/mol. The number of halogens is 1. The third kappa shape index (κ3) is 5.33. The number of hydrogen-bond acceptors (Lipinski definition) is 7. The molecule has 1 N–H and O–H groups in total. The van der Waals surface area contributed by atoms with E-state index in [-0.39, 0.29) is 5.75 Å². The number of likely N-dealkylation sites (tertiary alicyclic amines) is 1. The molecule has 2 heterocycles. The fourth-order valence-corrected chi connectivity index (χ4v) is 3.32. The highest BCUT2D eigenvalue weighted by Crippen LogP contribution is 2.24. The Labute approximate surface area is 158 Å². The Morgan fingerprint density at radius 2 is 2.22 bits per heavy atom. The molecule has 0 bridgehead atoms. The van der Waals surface area contributed by atoms with Gasteiger partial charge in [0.2, 0.25) is 5.95 Å². The lowest BCUT2D eigenvalue weighted by Crippen LogP contribution is -2.39. The molecule has 0 radical (unpaired) electrons. The summed E-state index contributed by atoms with van der Waals surface area (Å²) in [7, 11) is 3.17. The molecule has 1 aromatic carbocycles. The lowest BCUT2D eigenvalue weighted by atomic mass is 9.98. The first-order valence-corrected chi connectivity index (χ1v) is 9.18. The highest BCUT2D eigenvalue weighted by atomic mass is 19.1. The topological polar surface area (TPSA) is 72.4 Å². The third-order valence-electron chi connectivity index (χ3n) is 4.77. The number of rotatable bonds is 8. The van der Waals surface area contributed by atoms with Crippen molar-refractivity contribution in [3.8, 4) is 17.0 Å². The fourth-order valence-electron chi connectivity index (χ4n) is 3.32. The maximum absolute atomic E-state index is 13.9. The van der Waals surface area contributed by atoms with Crippen LogP contribution < -0.4 is 10.1 Å². The van der Waals surface area contributed by atoms with Crippen LogP contribution in [0.3, 0.4) is 0 Å². The van der Waals surface area contributed by atoms with Gasteiger partial charge in [-0.2, -0.15) is 5.10 Å². The maximum atomic E-state index is 13.9. The number of aromatic nitrogens is 3. The van der Waals surface area contributed by atoms with Crippen LogP contribution in [-0.2, 0) is 4.74 Å². The van der Waals surface area contributed by atoms with Gasteiger partial charge in [-0.1, -0.05) is 0 Å². The molecule has 1 unspecified atom stereocenters. The number of piperidine rings is 1. The summed E-state index contributed by atoms with van der Waals surface area (Å²) in [5.41, 5.74) is 1.20. The molecule has 1 aliphatic rings. The quantitative estimate of drug-likeness (QED) is 0.760. The first kappa shape index (κ1) is 19.4. The zero-order valence-electron chi connectivity index (χ0n) is 15.8. The van der Waals surface area contributed by atoms with Gasteiger partial charge in [0.15, 0.2) is 11.6 Å². The summed E-state index contributed by atoms with van der Waals surface area (Å²) in [5.74, 6) is 0.759. The molecule has 1 saturated heterocycles. The van der Waals surface area contributed by atoms with E-state index in [2.05, 4.69) is 25.4 Å². The molecule has 1 aromatic heterocycles. The molecular weight excluding hydrogens is 349 g/mol. The van der Waals surface area contributed by atoms with Gasteiger partial charge < -0.3 is 19.7 Å². The van der Waals surface area contributed by atoms with E-state index in [1.54, 1.807) is 19.2 Å². The molecule has 8 heteroatoms. The predicted octanol–water partition coefficient (Wildman–Crippen LogP) is 2.46. The minimum Gasteiger partial charge on any atom is -0.494 e. The van der Waals surface area contributed by atoms with Gasteiger partial charge in [-0.15, -0.1) is 5.10 Å². The van der Waals surface area contributed by atoms with Gasteiger partial charge in [-0.25, -0.2) is 9.37 Å². The van der Waals surface area contributed by atoms with E-state index in [1.807, 2.05) is 0 Å². The summed E-state index contributed by atoms with van der Waals surface area (Å²) in [6, 6.07) is 4.72. The number of hydrogen-bond donors (Lipinski definition) is 1. The van der Waals surface area contributed by atoms with E-state index in [0.717, 1.165) is 32.8 Å². The molecule has 0 spiro atoms. The van der Waals surface area contributed by atoms with Crippen molar-refractivity contribution < 1.29 is 13.9 Å². The van der Waals surface area contributed by atoms with Crippen molar-refractivity contribution in [2.45, 2.75) is 12.8 Å². The molecule has 0 aliphatic carbocycles. The molecule has 1 atom stereocenters. The standard InChI is InChI=1S/C19H26FN5O2/c1-26-9-8-25-7-3-4-14(13-25)11-21-19-23-17(12-22-24-19)15-5-6-18(27-2)16(20)10-15/h5-6,10,12,14H,3-4,7-9,11,13H2,1-2H3,(H,21,23,24). The van der Waals surface area contributed by atoms with E-state index in [0.29, 0.717) is 23.1 Å². The first-order chi connectivity index (χ1) is 13.2. The van der Waals surface area contributed by atoms with Crippen molar-refractivity contribution in [3.05, 3.63) is 30.2 Å². The second-order valence-corrected chi connectivity index (χ2v) is 6.70. The summed E-state index contributed by atoms with van der Waals surface area (Å²) >= 11 is 0. The van der Waals surface area contributed by atoms with Crippen molar-refractivity contribution in [1.82, 2.24) is 20.1 Å². The summed E-state index contributed by atoms with van der Waals surface area (Å²) in [6.07, 6.45) is 3.88. The van der Waals surface area contributed by atoms with Crippen molar-refractivity contribution in [2.24, 2.45) is 5.92 Å². The van der Waals surface area contributed by atoms with Crippen molar-refractivity contribution in [3.63, 3.8) is 0 Å². The Kier molecular flexibility index (Phi) is 6.89. The molecule has 1 fully saturated rings. The van der Waals surface area contributed by atoms with Gasteiger partial charge >= 0.3 is 0 Å². The van der Waals surface area contributed by atoms with Crippen molar-refractivity contribution in [1.29, 1.82) is 0 Å². The van der Waals surface area contributed by atoms with Crippen LogP contribution in [0.4, 0.5) is 10.3 Å². The molecule has 2 aromatic rings. The van der Waals surface area contributed by atoms with E-state index in [9.17, 15) is 4.39 Å². The molecule has 27 heavy (non-hydrogen) atoms. The van der Waals surface area contributed by atoms with Crippen molar-refractivity contribution >= 4 is 5.95 Å². The van der Waals surface area contributed by atoms with Gasteiger partial charge in [0, 0.05) is 32.3 Å². The van der Waals surface area contributed by atoms with Gasteiger partial charge in [0.25, 0.3) is 0 Å². The minimum atomic E-state index is -0.429. The second kappa shape index (κ2) is 9.57. The van der Waals surface area contributed by atoms with Crippen LogP contribution >= 0.6 is 0 Å². The molecule has 1 aliphatic heterocycles. The van der Waals surface area contributed by atoms with Crippen LogP contribution in [-0.4, -0.2) is 67.1 Å². The van der Waals surface area contributed by atoms with E-state index < -0.39 is 5.82 Å². The largest absolute Gasteiger partial charge is 0.494 e. The Morgan fingerprint density at radius 1 is 1.33 bits per heavy atom. The molecule has 7 nitrogen and oxygen atoms in total. The minimum absolute atomic E-state index is 0.203. The summed E-state index contributed by atoms with van der Waals surface area (Å²) in [4.78, 5) is 6.89. The average molecular weight is 375 g/mol. The number of ether oxygens (including phenoxy) is 2. The Morgan fingerprint density at radius 3 is 3.00 bits per heavy atom. The zero-order valence-corrected chi connectivity index (χ0v) is 15.8. The Hall–Kier alpha value is -2.32. The van der Waals surface area contributed by atoms with Crippen LogP contribution in [0.1, 0.15) is 12.8 Å². The number of nitrogens with zero attached hydrogens (tertiary/aromatic N) is 4. The molecule has 0 amide bonds.